The van der Waals surface area contributed by atoms with E-state index in [1.165, 1.54) is 27.0 Å². The second-order valence-corrected chi connectivity index (χ2v) is 7.64. The molecular formula is C15H20F4N2O3S. The Labute approximate surface area is 145 Å². The molecule has 3 N–H and O–H groups in total. The van der Waals surface area contributed by atoms with Gasteiger partial charge in [-0.3, -0.25) is 4.79 Å². The third-order valence-corrected chi connectivity index (χ3v) is 3.97. The summed E-state index contributed by atoms with van der Waals surface area (Å²) >= 11 is 0. The standard InChI is InChI=1S/C15H20F4N2O3S/c1-13(2,23)8-14(3,21-25(4)24)10-7-9(5-6-11(10)16)20-12(22)15(17,18)19/h5-7,21,23H,8H2,1-4H3,(H,20,22)/t14-,25+/m0/s1. The topological polar surface area (TPSA) is 78.4 Å². The molecule has 0 saturated carbocycles. The first kappa shape index (κ1) is 21.5. The Morgan fingerprint density at radius 1 is 1.24 bits per heavy atom. The highest BCUT2D eigenvalue weighted by atomic mass is 32.2. The number of amides is 1. The van der Waals surface area contributed by atoms with Crippen molar-refractivity contribution in [2.24, 2.45) is 0 Å². The maximum atomic E-state index is 14.3. The average molecular weight is 384 g/mol. The number of rotatable bonds is 6. The number of carbonyl (C=O) groups is 1. The van der Waals surface area contributed by atoms with Gasteiger partial charge in [-0.25, -0.2) is 13.3 Å². The highest BCUT2D eigenvalue weighted by molar-refractivity contribution is 7.82. The fourth-order valence-corrected chi connectivity index (χ4v) is 3.41. The molecule has 0 fully saturated rings. The number of alkyl halides is 3. The highest BCUT2D eigenvalue weighted by Gasteiger charge is 2.39. The number of hydrogen-bond acceptors (Lipinski definition) is 3. The van der Waals surface area contributed by atoms with Gasteiger partial charge in [-0.15, -0.1) is 0 Å². The van der Waals surface area contributed by atoms with Gasteiger partial charge in [-0.05, 0) is 45.4 Å². The van der Waals surface area contributed by atoms with E-state index < -0.39 is 40.0 Å². The van der Waals surface area contributed by atoms with Crippen LogP contribution in [0.4, 0.5) is 23.2 Å². The smallest absolute Gasteiger partial charge is 0.390 e. The van der Waals surface area contributed by atoms with E-state index in [9.17, 15) is 31.7 Å². The molecule has 0 bridgehead atoms. The highest BCUT2D eigenvalue weighted by Crippen LogP contribution is 2.34. The van der Waals surface area contributed by atoms with Gasteiger partial charge in [0, 0.05) is 17.5 Å². The fraction of sp³-hybridized carbons (Fsp3) is 0.533. The van der Waals surface area contributed by atoms with Gasteiger partial charge in [0.05, 0.1) is 22.1 Å². The molecule has 2 atom stereocenters. The van der Waals surface area contributed by atoms with Gasteiger partial charge in [0.15, 0.2) is 0 Å². The number of nitrogens with one attached hydrogen (secondary N) is 2. The predicted octanol–water partition coefficient (Wildman–Crippen LogP) is 2.59. The number of carbonyl (C=O) groups excluding carboxylic acids is 1. The van der Waals surface area contributed by atoms with E-state index in [1.54, 1.807) is 5.32 Å². The molecule has 0 saturated heterocycles. The first-order chi connectivity index (χ1) is 11.1. The lowest BCUT2D eigenvalue weighted by molar-refractivity contribution is -0.167. The monoisotopic (exact) mass is 384 g/mol. The van der Waals surface area contributed by atoms with Crippen molar-refractivity contribution in [2.75, 3.05) is 11.6 Å². The molecule has 0 heterocycles. The van der Waals surface area contributed by atoms with E-state index in [0.717, 1.165) is 18.2 Å². The largest absolute Gasteiger partial charge is 0.471 e. The maximum absolute atomic E-state index is 14.3. The molecule has 10 heteroatoms. The summed E-state index contributed by atoms with van der Waals surface area (Å²) in [5.74, 6) is -2.98. The SMILES string of the molecule is C[S@@](=O)N[C@@](C)(CC(C)(C)O)c1cc(NC(=O)C(F)(F)F)ccc1F. The molecule has 1 aromatic rings. The zero-order valence-corrected chi connectivity index (χ0v) is 14.9. The number of hydrogen-bond donors (Lipinski definition) is 3. The molecule has 0 aliphatic heterocycles. The minimum absolute atomic E-state index is 0.0901. The molecule has 25 heavy (non-hydrogen) atoms. The van der Waals surface area contributed by atoms with Gasteiger partial charge in [0.2, 0.25) is 0 Å². The van der Waals surface area contributed by atoms with Crippen LogP contribution in [-0.4, -0.2) is 33.3 Å². The van der Waals surface area contributed by atoms with E-state index in [0.29, 0.717) is 0 Å². The third-order valence-electron chi connectivity index (χ3n) is 3.23. The van der Waals surface area contributed by atoms with Gasteiger partial charge < -0.3 is 10.4 Å². The summed E-state index contributed by atoms with van der Waals surface area (Å²) in [5, 5.41) is 11.7. The van der Waals surface area contributed by atoms with Crippen LogP contribution in [0, 0.1) is 5.82 Å². The number of aliphatic hydroxyl groups is 1. The van der Waals surface area contributed by atoms with Crippen LogP contribution in [-0.2, 0) is 21.3 Å². The Hall–Kier alpha value is -1.52. The van der Waals surface area contributed by atoms with Crippen molar-refractivity contribution in [3.8, 4) is 0 Å². The molecule has 1 rings (SSSR count). The van der Waals surface area contributed by atoms with E-state index >= 15 is 0 Å². The van der Waals surface area contributed by atoms with E-state index in [-0.39, 0.29) is 17.7 Å². The van der Waals surface area contributed by atoms with Crippen LogP contribution in [0.2, 0.25) is 0 Å². The van der Waals surface area contributed by atoms with Gasteiger partial charge in [0.1, 0.15) is 5.82 Å². The van der Waals surface area contributed by atoms with Crippen LogP contribution in [0.5, 0.6) is 0 Å². The molecular weight excluding hydrogens is 364 g/mol. The molecule has 5 nitrogen and oxygen atoms in total. The number of anilines is 1. The summed E-state index contributed by atoms with van der Waals surface area (Å²) < 4.78 is 65.6. The summed E-state index contributed by atoms with van der Waals surface area (Å²) in [4.78, 5) is 11.1. The van der Waals surface area contributed by atoms with Gasteiger partial charge in [-0.1, -0.05) is 0 Å². The summed E-state index contributed by atoms with van der Waals surface area (Å²) in [6.07, 6.45) is -3.88. The summed E-state index contributed by atoms with van der Waals surface area (Å²) in [6.45, 7) is 4.37. The lowest BCUT2D eigenvalue weighted by atomic mass is 9.82. The Morgan fingerprint density at radius 3 is 2.24 bits per heavy atom. The van der Waals surface area contributed by atoms with Crippen LogP contribution >= 0.6 is 0 Å². The maximum Gasteiger partial charge on any atom is 0.471 e. The van der Waals surface area contributed by atoms with Crippen molar-refractivity contribution in [1.29, 1.82) is 0 Å². The van der Waals surface area contributed by atoms with Crippen molar-refractivity contribution in [3.05, 3.63) is 29.6 Å². The van der Waals surface area contributed by atoms with E-state index in [2.05, 4.69) is 4.72 Å². The molecule has 0 radical (unpaired) electrons. The van der Waals surface area contributed by atoms with Crippen molar-refractivity contribution in [3.63, 3.8) is 0 Å². The van der Waals surface area contributed by atoms with Crippen LogP contribution < -0.4 is 10.0 Å². The molecule has 1 amide bonds. The first-order valence-corrected chi connectivity index (χ1v) is 8.72. The van der Waals surface area contributed by atoms with Crippen LogP contribution in [0.15, 0.2) is 18.2 Å². The van der Waals surface area contributed by atoms with Gasteiger partial charge in [-0.2, -0.15) is 13.2 Å². The van der Waals surface area contributed by atoms with Gasteiger partial charge >= 0.3 is 12.1 Å². The minimum Gasteiger partial charge on any atom is -0.390 e. The van der Waals surface area contributed by atoms with Crippen LogP contribution in [0.1, 0.15) is 32.8 Å². The normalized spacial score (nSPS) is 16.2. The lowest BCUT2D eigenvalue weighted by Gasteiger charge is -2.36. The Kier molecular flexibility index (Phi) is 6.36. The Morgan fingerprint density at radius 2 is 1.80 bits per heavy atom. The molecule has 142 valence electrons. The van der Waals surface area contributed by atoms with E-state index in [4.69, 9.17) is 0 Å². The first-order valence-electron chi connectivity index (χ1n) is 7.16. The van der Waals surface area contributed by atoms with Gasteiger partial charge in [0.25, 0.3) is 0 Å². The molecule has 0 spiro atoms. The summed E-state index contributed by atoms with van der Waals surface area (Å²) in [5.41, 5.74) is -3.06. The quantitative estimate of drug-likeness (QED) is 0.660. The second kappa shape index (κ2) is 7.38. The minimum atomic E-state index is -5.09. The van der Waals surface area contributed by atoms with Crippen LogP contribution in [0.3, 0.4) is 0 Å². The zero-order chi connectivity index (χ0) is 19.6. The third kappa shape index (κ3) is 6.37. The zero-order valence-electron chi connectivity index (χ0n) is 14.1. The Balaban J connectivity index is 3.33. The number of benzene rings is 1. The van der Waals surface area contributed by atoms with Crippen molar-refractivity contribution in [2.45, 2.75) is 44.5 Å². The summed E-state index contributed by atoms with van der Waals surface area (Å²) in [6, 6.07) is 2.89. The summed E-state index contributed by atoms with van der Waals surface area (Å²) in [7, 11) is -1.60. The molecule has 0 aromatic heterocycles. The molecule has 0 unspecified atom stereocenters. The molecule has 1 aromatic carbocycles. The predicted molar refractivity (Wildman–Crippen MR) is 86.6 cm³/mol. The average Bonchev–Trinajstić information content (AvgIpc) is 2.36. The van der Waals surface area contributed by atoms with Crippen molar-refractivity contribution in [1.82, 2.24) is 4.72 Å². The van der Waals surface area contributed by atoms with Crippen molar-refractivity contribution >= 4 is 22.6 Å². The fourth-order valence-electron chi connectivity index (χ4n) is 2.60. The lowest BCUT2D eigenvalue weighted by Crippen LogP contribution is -2.46. The Bertz CT molecular complexity index is 674. The molecule has 0 aliphatic rings. The van der Waals surface area contributed by atoms with Crippen molar-refractivity contribution < 1.29 is 31.7 Å². The van der Waals surface area contributed by atoms with Crippen LogP contribution in [0.25, 0.3) is 0 Å². The number of halogens is 4. The molecule has 0 aliphatic carbocycles. The second-order valence-electron chi connectivity index (χ2n) is 6.52. The van der Waals surface area contributed by atoms with E-state index in [1.807, 2.05) is 0 Å².